The van der Waals surface area contributed by atoms with Crippen molar-refractivity contribution < 1.29 is 35.9 Å². The fourth-order valence-corrected chi connectivity index (χ4v) is 5.84. The lowest BCUT2D eigenvalue weighted by Gasteiger charge is -2.46. The Hall–Kier alpha value is -2.38. The van der Waals surface area contributed by atoms with Gasteiger partial charge in [0.2, 0.25) is 10.0 Å². The molecular formula is C22H31F3N4O5S. The summed E-state index contributed by atoms with van der Waals surface area (Å²) in [6, 6.07) is 4.28. The molecule has 4 heterocycles. The lowest BCUT2D eigenvalue weighted by Crippen LogP contribution is -2.53. The molecule has 2 aliphatic rings. The first-order valence-electron chi connectivity index (χ1n) is 11.2. The minimum Gasteiger partial charge on any atom is -0.475 e. The number of rotatable bonds is 4. The molecule has 0 atom stereocenters. The number of carboxylic acid groups (broad SMARTS) is 1. The molecule has 13 heteroatoms. The van der Waals surface area contributed by atoms with Crippen molar-refractivity contribution in [2.24, 2.45) is 0 Å². The number of hydrogen-bond donors (Lipinski definition) is 1. The van der Waals surface area contributed by atoms with Crippen LogP contribution in [0.25, 0.3) is 0 Å². The maximum atomic E-state index is 12.0. The molecule has 0 radical (unpaired) electrons. The molecule has 35 heavy (non-hydrogen) atoms. The van der Waals surface area contributed by atoms with Crippen molar-refractivity contribution in [1.82, 2.24) is 18.8 Å². The van der Waals surface area contributed by atoms with Gasteiger partial charge in [-0.05, 0) is 45.7 Å². The maximum Gasteiger partial charge on any atom is 0.490 e. The Morgan fingerprint density at radius 1 is 1.29 bits per heavy atom. The van der Waals surface area contributed by atoms with Crippen molar-refractivity contribution in [3.63, 3.8) is 0 Å². The van der Waals surface area contributed by atoms with Gasteiger partial charge in [0, 0.05) is 37.6 Å². The van der Waals surface area contributed by atoms with E-state index >= 15 is 0 Å². The van der Waals surface area contributed by atoms with Gasteiger partial charge in [-0.25, -0.2) is 22.5 Å². The number of hydrogen-bond acceptors (Lipinski definition) is 6. The third-order valence-electron chi connectivity index (χ3n) is 6.46. The number of aryl methyl sites for hydroxylation is 1. The molecule has 0 aliphatic carbocycles. The minimum absolute atomic E-state index is 0.105. The highest BCUT2D eigenvalue weighted by atomic mass is 32.2. The normalized spacial score (nSPS) is 18.9. The van der Waals surface area contributed by atoms with Gasteiger partial charge in [0.05, 0.1) is 30.5 Å². The fourth-order valence-electron chi connectivity index (χ4n) is 5.00. The summed E-state index contributed by atoms with van der Waals surface area (Å²) in [7, 11) is -3.15. The molecule has 4 rings (SSSR count). The first kappa shape index (κ1) is 27.2. The van der Waals surface area contributed by atoms with E-state index in [4.69, 9.17) is 19.3 Å². The number of furan rings is 1. The van der Waals surface area contributed by atoms with Crippen LogP contribution in [0, 0.1) is 6.92 Å². The molecule has 0 amide bonds. The average Bonchev–Trinajstić information content (AvgIpc) is 3.35. The van der Waals surface area contributed by atoms with Crippen LogP contribution >= 0.6 is 0 Å². The van der Waals surface area contributed by atoms with Gasteiger partial charge in [-0.2, -0.15) is 13.2 Å². The third kappa shape index (κ3) is 6.07. The minimum atomic E-state index is -5.08. The zero-order chi connectivity index (χ0) is 26.2. The van der Waals surface area contributed by atoms with Crippen molar-refractivity contribution in [1.29, 1.82) is 0 Å². The molecule has 9 nitrogen and oxygen atoms in total. The van der Waals surface area contributed by atoms with Crippen LogP contribution in [0.3, 0.4) is 0 Å². The van der Waals surface area contributed by atoms with E-state index in [2.05, 4.69) is 30.2 Å². The number of fused-ring (bicyclic) bond motifs is 2. The number of sulfonamides is 1. The number of halogens is 3. The Morgan fingerprint density at radius 2 is 1.89 bits per heavy atom. The Balaban J connectivity index is 0.000000429. The van der Waals surface area contributed by atoms with E-state index in [1.165, 1.54) is 17.6 Å². The van der Waals surface area contributed by atoms with Gasteiger partial charge in [0.25, 0.3) is 0 Å². The second-order valence-corrected chi connectivity index (χ2v) is 11.4. The molecule has 2 aromatic rings. The third-order valence-corrected chi connectivity index (χ3v) is 7.76. The fraction of sp³-hybridized carbons (Fsp3) is 0.636. The number of nitrogens with zero attached hydrogens (tertiary/aromatic N) is 4. The van der Waals surface area contributed by atoms with E-state index in [0.717, 1.165) is 44.1 Å². The van der Waals surface area contributed by atoms with E-state index < -0.39 is 22.2 Å². The topological polar surface area (TPSA) is 109 Å². The summed E-state index contributed by atoms with van der Waals surface area (Å²) < 4.78 is 65.3. The number of imidazole rings is 1. The Labute approximate surface area is 202 Å². The molecule has 0 aromatic carbocycles. The molecule has 1 spiro atoms. The van der Waals surface area contributed by atoms with Gasteiger partial charge < -0.3 is 14.1 Å². The summed E-state index contributed by atoms with van der Waals surface area (Å²) in [5, 5.41) is 7.12. The van der Waals surface area contributed by atoms with Crippen LogP contribution in [0.2, 0.25) is 0 Å². The van der Waals surface area contributed by atoms with E-state index in [9.17, 15) is 21.6 Å². The quantitative estimate of drug-likeness (QED) is 0.659. The zero-order valence-corrected chi connectivity index (χ0v) is 21.0. The SMILES string of the molecule is Cc1nc2c(n1C(C)C)CN(Cc1ccco1)CC21CCN(S(C)(=O)=O)CC1.O=C(O)C(F)(F)F. The first-order valence-corrected chi connectivity index (χ1v) is 13.1. The second kappa shape index (κ2) is 9.94. The van der Waals surface area contributed by atoms with Gasteiger partial charge in [0.15, 0.2) is 0 Å². The van der Waals surface area contributed by atoms with Crippen LogP contribution in [0.4, 0.5) is 13.2 Å². The van der Waals surface area contributed by atoms with Gasteiger partial charge in [0.1, 0.15) is 11.6 Å². The highest BCUT2D eigenvalue weighted by molar-refractivity contribution is 7.88. The smallest absolute Gasteiger partial charge is 0.475 e. The summed E-state index contributed by atoms with van der Waals surface area (Å²) in [4.78, 5) is 16.3. The van der Waals surface area contributed by atoms with Crippen molar-refractivity contribution in [3.05, 3.63) is 41.4 Å². The summed E-state index contributed by atoms with van der Waals surface area (Å²) in [5.74, 6) is -0.753. The molecule has 0 bridgehead atoms. The van der Waals surface area contributed by atoms with Crippen LogP contribution in [-0.4, -0.2) is 70.3 Å². The number of alkyl halides is 3. The summed E-state index contributed by atoms with van der Waals surface area (Å²) in [6.45, 7) is 10.1. The van der Waals surface area contributed by atoms with Crippen molar-refractivity contribution in [2.75, 3.05) is 25.9 Å². The second-order valence-electron chi connectivity index (χ2n) is 9.39. The van der Waals surface area contributed by atoms with E-state index in [-0.39, 0.29) is 5.41 Å². The van der Waals surface area contributed by atoms with Gasteiger partial charge in [-0.3, -0.25) is 4.90 Å². The van der Waals surface area contributed by atoms with E-state index in [1.54, 1.807) is 10.6 Å². The number of carbonyl (C=O) groups is 1. The molecular weight excluding hydrogens is 489 g/mol. The molecule has 2 aliphatic heterocycles. The molecule has 1 fully saturated rings. The monoisotopic (exact) mass is 520 g/mol. The number of aliphatic carboxylic acids is 1. The summed E-state index contributed by atoms with van der Waals surface area (Å²) in [6.07, 6.45) is -0.460. The predicted molar refractivity (Wildman–Crippen MR) is 121 cm³/mol. The molecule has 196 valence electrons. The van der Waals surface area contributed by atoms with E-state index in [0.29, 0.717) is 19.1 Å². The lowest BCUT2D eigenvalue weighted by molar-refractivity contribution is -0.192. The highest BCUT2D eigenvalue weighted by Gasteiger charge is 2.46. The highest BCUT2D eigenvalue weighted by Crippen LogP contribution is 2.43. The Morgan fingerprint density at radius 3 is 2.34 bits per heavy atom. The zero-order valence-electron chi connectivity index (χ0n) is 20.2. The van der Waals surface area contributed by atoms with Crippen molar-refractivity contribution >= 4 is 16.0 Å². The maximum absolute atomic E-state index is 12.0. The predicted octanol–water partition coefficient (Wildman–Crippen LogP) is 3.31. The Kier molecular flexibility index (Phi) is 7.73. The summed E-state index contributed by atoms with van der Waals surface area (Å²) in [5.41, 5.74) is 2.35. The average molecular weight is 521 g/mol. The van der Waals surface area contributed by atoms with Gasteiger partial charge in [-0.15, -0.1) is 0 Å². The van der Waals surface area contributed by atoms with E-state index in [1.807, 2.05) is 12.1 Å². The van der Waals surface area contributed by atoms with Crippen LogP contribution in [-0.2, 0) is 33.3 Å². The van der Waals surface area contributed by atoms with Crippen molar-refractivity contribution in [2.45, 2.75) is 64.3 Å². The Bertz CT molecular complexity index is 1130. The standard InChI is InChI=1S/C20H30N4O3S.C2HF3O2/c1-15(2)24-16(3)21-19-18(24)13-22(12-17-6-5-11-27-17)14-20(19)7-9-23(10-8-20)28(4,25)26;3-2(4,5)1(6)7/h5-6,11,15H,7-10,12-14H2,1-4H3;(H,6,7). The van der Waals surface area contributed by atoms with Crippen LogP contribution < -0.4 is 0 Å². The lowest BCUT2D eigenvalue weighted by atomic mass is 9.73. The first-order chi connectivity index (χ1) is 16.1. The van der Waals surface area contributed by atoms with Gasteiger partial charge in [-0.1, -0.05) is 0 Å². The number of piperidine rings is 1. The van der Waals surface area contributed by atoms with Crippen LogP contribution in [0.5, 0.6) is 0 Å². The van der Waals surface area contributed by atoms with Gasteiger partial charge >= 0.3 is 12.1 Å². The molecule has 2 aromatic heterocycles. The largest absolute Gasteiger partial charge is 0.490 e. The number of aromatic nitrogens is 2. The van der Waals surface area contributed by atoms with Crippen molar-refractivity contribution in [3.8, 4) is 0 Å². The summed E-state index contributed by atoms with van der Waals surface area (Å²) >= 11 is 0. The molecule has 1 N–H and O–H groups in total. The van der Waals surface area contributed by atoms with Crippen LogP contribution in [0.15, 0.2) is 22.8 Å². The van der Waals surface area contributed by atoms with Crippen LogP contribution in [0.1, 0.15) is 55.7 Å². The molecule has 0 saturated carbocycles. The molecule has 1 saturated heterocycles. The molecule has 0 unspecified atom stereocenters. The number of carboxylic acids is 1.